The molecule has 3 rings (SSSR count). The molecular weight excluding hydrogens is 300 g/mol. The van der Waals surface area contributed by atoms with Gasteiger partial charge < -0.3 is 4.74 Å². The van der Waals surface area contributed by atoms with Gasteiger partial charge in [0.2, 0.25) is 0 Å². The summed E-state index contributed by atoms with van der Waals surface area (Å²) in [6.45, 7) is 2.17. The standard InChI is InChI=1S/C20H20N2O2/c1-3-4-15-10-17-9-14(5-6-19(17)22-13-15)11-18-12-16(7-8-21-18)20(23)24-2/h5-10,12-13H,3-4,11H2,1-2H3. The van der Waals surface area contributed by atoms with Gasteiger partial charge in [0.25, 0.3) is 0 Å². The van der Waals surface area contributed by atoms with Crippen LogP contribution in [0.5, 0.6) is 0 Å². The van der Waals surface area contributed by atoms with Crippen molar-refractivity contribution in [3.05, 3.63) is 71.2 Å². The number of hydrogen-bond acceptors (Lipinski definition) is 4. The van der Waals surface area contributed by atoms with E-state index in [1.165, 1.54) is 12.7 Å². The summed E-state index contributed by atoms with van der Waals surface area (Å²) in [5.41, 5.74) is 4.76. The number of carbonyl (C=O) groups is 1. The molecule has 0 aliphatic carbocycles. The molecule has 0 N–H and O–H groups in total. The molecule has 122 valence electrons. The van der Waals surface area contributed by atoms with Crippen LogP contribution in [0.4, 0.5) is 0 Å². The molecule has 0 saturated heterocycles. The summed E-state index contributed by atoms with van der Waals surface area (Å²) in [5, 5.41) is 1.14. The maximum absolute atomic E-state index is 11.6. The maximum Gasteiger partial charge on any atom is 0.337 e. The monoisotopic (exact) mass is 320 g/mol. The summed E-state index contributed by atoms with van der Waals surface area (Å²) < 4.78 is 4.76. The molecule has 0 atom stereocenters. The van der Waals surface area contributed by atoms with Crippen LogP contribution < -0.4 is 0 Å². The third kappa shape index (κ3) is 3.59. The van der Waals surface area contributed by atoms with Gasteiger partial charge in [0.1, 0.15) is 0 Å². The lowest BCUT2D eigenvalue weighted by Crippen LogP contribution is -2.03. The van der Waals surface area contributed by atoms with Gasteiger partial charge in [-0.3, -0.25) is 9.97 Å². The van der Waals surface area contributed by atoms with Crippen LogP contribution in [-0.2, 0) is 17.6 Å². The molecule has 0 saturated carbocycles. The first-order valence-electron chi connectivity index (χ1n) is 8.10. The molecule has 2 aromatic heterocycles. The molecule has 0 amide bonds. The number of pyridine rings is 2. The first-order chi connectivity index (χ1) is 11.7. The van der Waals surface area contributed by atoms with Crippen LogP contribution in [0.3, 0.4) is 0 Å². The van der Waals surface area contributed by atoms with Gasteiger partial charge in [-0.15, -0.1) is 0 Å². The predicted molar refractivity (Wildman–Crippen MR) is 94.1 cm³/mol. The molecule has 0 aliphatic heterocycles. The van der Waals surface area contributed by atoms with Gasteiger partial charge >= 0.3 is 5.97 Å². The first-order valence-corrected chi connectivity index (χ1v) is 8.10. The number of fused-ring (bicyclic) bond motifs is 1. The SMILES string of the molecule is CCCc1cnc2ccc(Cc3cc(C(=O)OC)ccn3)cc2c1. The van der Waals surface area contributed by atoms with Gasteiger partial charge in [-0.2, -0.15) is 0 Å². The topological polar surface area (TPSA) is 52.1 Å². The highest BCUT2D eigenvalue weighted by Crippen LogP contribution is 2.18. The summed E-state index contributed by atoms with van der Waals surface area (Å²) in [6, 6.07) is 11.9. The number of methoxy groups -OCH3 is 1. The Hall–Kier alpha value is -2.75. The molecule has 24 heavy (non-hydrogen) atoms. The van der Waals surface area contributed by atoms with Crippen LogP contribution in [0.15, 0.2) is 48.8 Å². The smallest absolute Gasteiger partial charge is 0.337 e. The van der Waals surface area contributed by atoms with E-state index in [2.05, 4.69) is 35.1 Å². The minimum atomic E-state index is -0.342. The Kier molecular flexibility index (Phi) is 4.85. The Morgan fingerprint density at radius 2 is 1.92 bits per heavy atom. The first kappa shape index (κ1) is 16.1. The lowest BCUT2D eigenvalue weighted by molar-refractivity contribution is 0.0600. The normalized spacial score (nSPS) is 10.8. The number of aryl methyl sites for hydroxylation is 1. The molecule has 0 aliphatic rings. The fourth-order valence-electron chi connectivity index (χ4n) is 2.79. The Morgan fingerprint density at radius 3 is 2.71 bits per heavy atom. The molecule has 0 bridgehead atoms. The fraction of sp³-hybridized carbons (Fsp3) is 0.250. The lowest BCUT2D eigenvalue weighted by atomic mass is 10.0. The van der Waals surface area contributed by atoms with E-state index in [0.29, 0.717) is 12.0 Å². The Morgan fingerprint density at radius 1 is 1.08 bits per heavy atom. The van der Waals surface area contributed by atoms with E-state index in [-0.39, 0.29) is 5.97 Å². The Balaban J connectivity index is 1.88. The van der Waals surface area contributed by atoms with Crippen molar-refractivity contribution in [2.45, 2.75) is 26.2 Å². The number of aromatic nitrogens is 2. The van der Waals surface area contributed by atoms with E-state index >= 15 is 0 Å². The van der Waals surface area contributed by atoms with E-state index in [1.54, 1.807) is 18.3 Å². The molecule has 1 aromatic carbocycles. The van der Waals surface area contributed by atoms with Crippen LogP contribution in [0, 0.1) is 0 Å². The highest BCUT2D eigenvalue weighted by Gasteiger charge is 2.07. The molecule has 2 heterocycles. The fourth-order valence-corrected chi connectivity index (χ4v) is 2.79. The predicted octanol–water partition coefficient (Wildman–Crippen LogP) is 3.96. The summed E-state index contributed by atoms with van der Waals surface area (Å²) in [6.07, 6.45) is 6.40. The van der Waals surface area contributed by atoms with Gasteiger partial charge in [-0.1, -0.05) is 19.4 Å². The molecule has 4 nitrogen and oxygen atoms in total. The number of ether oxygens (including phenoxy) is 1. The average Bonchev–Trinajstić information content (AvgIpc) is 2.61. The van der Waals surface area contributed by atoms with Crippen molar-refractivity contribution in [1.29, 1.82) is 0 Å². The number of nitrogens with zero attached hydrogens (tertiary/aromatic N) is 2. The van der Waals surface area contributed by atoms with Crippen LogP contribution in [0.1, 0.15) is 40.5 Å². The third-order valence-electron chi connectivity index (χ3n) is 3.96. The van der Waals surface area contributed by atoms with E-state index < -0.39 is 0 Å². The number of esters is 1. The van der Waals surface area contributed by atoms with Crippen LogP contribution in [0.2, 0.25) is 0 Å². The van der Waals surface area contributed by atoms with E-state index in [9.17, 15) is 4.79 Å². The van der Waals surface area contributed by atoms with Crippen LogP contribution in [-0.4, -0.2) is 23.0 Å². The van der Waals surface area contributed by atoms with E-state index in [0.717, 1.165) is 35.0 Å². The van der Waals surface area contributed by atoms with Crippen molar-refractivity contribution in [2.75, 3.05) is 7.11 Å². The van der Waals surface area contributed by atoms with Gasteiger partial charge in [-0.25, -0.2) is 4.79 Å². The molecule has 0 radical (unpaired) electrons. The lowest BCUT2D eigenvalue weighted by Gasteiger charge is -2.06. The van der Waals surface area contributed by atoms with Crippen molar-refractivity contribution in [3.63, 3.8) is 0 Å². The van der Waals surface area contributed by atoms with Gasteiger partial charge in [0.05, 0.1) is 18.2 Å². The summed E-state index contributed by atoms with van der Waals surface area (Å²) >= 11 is 0. The van der Waals surface area contributed by atoms with Gasteiger partial charge in [0, 0.05) is 29.9 Å². The van der Waals surface area contributed by atoms with Crippen molar-refractivity contribution in [3.8, 4) is 0 Å². The third-order valence-corrected chi connectivity index (χ3v) is 3.96. The number of benzene rings is 1. The molecular formula is C20H20N2O2. The van der Waals surface area contributed by atoms with Crippen molar-refractivity contribution < 1.29 is 9.53 Å². The second-order valence-corrected chi connectivity index (χ2v) is 5.82. The number of hydrogen-bond donors (Lipinski definition) is 0. The van der Waals surface area contributed by atoms with Crippen LogP contribution >= 0.6 is 0 Å². The molecule has 4 heteroatoms. The van der Waals surface area contributed by atoms with Crippen molar-refractivity contribution in [2.24, 2.45) is 0 Å². The summed E-state index contributed by atoms with van der Waals surface area (Å²) in [5.74, 6) is -0.342. The van der Waals surface area contributed by atoms with E-state index in [4.69, 9.17) is 4.74 Å². The van der Waals surface area contributed by atoms with Crippen molar-refractivity contribution in [1.82, 2.24) is 9.97 Å². The minimum Gasteiger partial charge on any atom is -0.465 e. The second kappa shape index (κ2) is 7.21. The molecule has 0 fully saturated rings. The van der Waals surface area contributed by atoms with Crippen LogP contribution in [0.25, 0.3) is 10.9 Å². The Bertz CT molecular complexity index is 874. The zero-order valence-corrected chi connectivity index (χ0v) is 14.0. The molecule has 0 spiro atoms. The van der Waals surface area contributed by atoms with Gasteiger partial charge in [-0.05, 0) is 47.9 Å². The molecule has 0 unspecified atom stereocenters. The van der Waals surface area contributed by atoms with E-state index in [1.807, 2.05) is 12.3 Å². The highest BCUT2D eigenvalue weighted by atomic mass is 16.5. The zero-order valence-electron chi connectivity index (χ0n) is 14.0. The van der Waals surface area contributed by atoms with Crippen molar-refractivity contribution >= 4 is 16.9 Å². The second-order valence-electron chi connectivity index (χ2n) is 5.82. The maximum atomic E-state index is 11.6. The zero-order chi connectivity index (χ0) is 16.9. The quantitative estimate of drug-likeness (QED) is 0.668. The number of carbonyl (C=O) groups excluding carboxylic acids is 1. The minimum absolute atomic E-state index is 0.342. The van der Waals surface area contributed by atoms with Gasteiger partial charge in [0.15, 0.2) is 0 Å². The number of rotatable bonds is 5. The largest absolute Gasteiger partial charge is 0.465 e. The summed E-state index contributed by atoms with van der Waals surface area (Å²) in [4.78, 5) is 20.5. The highest BCUT2D eigenvalue weighted by molar-refractivity contribution is 5.89. The average molecular weight is 320 g/mol. The molecule has 3 aromatic rings. The Labute approximate surface area is 141 Å². The summed E-state index contributed by atoms with van der Waals surface area (Å²) in [7, 11) is 1.38.